The van der Waals surface area contributed by atoms with Gasteiger partial charge >= 0.3 is 0 Å². The standard InChI is InChI=1S/C13H15N5/c14-5-4-12-15-6-8-18(12)10-11-9-17-7-2-1-3-13(17)16-11/h1-3,6-9H,4-5,10,14H2. The quantitative estimate of drug-likeness (QED) is 0.743. The van der Waals surface area contributed by atoms with Crippen LogP contribution in [0.25, 0.3) is 5.65 Å². The molecule has 0 fully saturated rings. The topological polar surface area (TPSA) is 61.1 Å². The van der Waals surface area contributed by atoms with Gasteiger partial charge in [-0.1, -0.05) is 6.07 Å². The van der Waals surface area contributed by atoms with Gasteiger partial charge in [-0.25, -0.2) is 9.97 Å². The number of rotatable bonds is 4. The second-order valence-corrected chi connectivity index (χ2v) is 4.21. The van der Waals surface area contributed by atoms with E-state index >= 15 is 0 Å². The molecular weight excluding hydrogens is 226 g/mol. The van der Waals surface area contributed by atoms with Crippen LogP contribution in [-0.4, -0.2) is 25.5 Å². The first-order valence-corrected chi connectivity index (χ1v) is 5.99. The van der Waals surface area contributed by atoms with Gasteiger partial charge < -0.3 is 14.7 Å². The highest BCUT2D eigenvalue weighted by Crippen LogP contribution is 2.08. The second-order valence-electron chi connectivity index (χ2n) is 4.21. The maximum atomic E-state index is 5.57. The van der Waals surface area contributed by atoms with E-state index in [2.05, 4.69) is 14.5 Å². The molecule has 0 saturated heterocycles. The van der Waals surface area contributed by atoms with Gasteiger partial charge in [0.15, 0.2) is 0 Å². The van der Waals surface area contributed by atoms with Crippen molar-refractivity contribution in [2.24, 2.45) is 5.73 Å². The fraction of sp³-hybridized carbons (Fsp3) is 0.231. The molecule has 0 aliphatic heterocycles. The smallest absolute Gasteiger partial charge is 0.137 e. The number of nitrogens with zero attached hydrogens (tertiary/aromatic N) is 4. The van der Waals surface area contributed by atoms with Crippen molar-refractivity contribution < 1.29 is 0 Å². The molecule has 5 heteroatoms. The lowest BCUT2D eigenvalue weighted by Gasteiger charge is -2.04. The van der Waals surface area contributed by atoms with Crippen molar-refractivity contribution >= 4 is 5.65 Å². The molecule has 3 heterocycles. The fourth-order valence-electron chi connectivity index (χ4n) is 2.08. The predicted octanol–water partition coefficient (Wildman–Crippen LogP) is 1.08. The van der Waals surface area contributed by atoms with Crippen molar-refractivity contribution in [3.63, 3.8) is 0 Å². The second kappa shape index (κ2) is 4.62. The molecule has 3 rings (SSSR count). The van der Waals surface area contributed by atoms with Crippen LogP contribution in [-0.2, 0) is 13.0 Å². The minimum atomic E-state index is 0.613. The number of pyridine rings is 1. The van der Waals surface area contributed by atoms with Crippen LogP contribution >= 0.6 is 0 Å². The summed E-state index contributed by atoms with van der Waals surface area (Å²) in [7, 11) is 0. The lowest BCUT2D eigenvalue weighted by atomic mass is 10.4. The van der Waals surface area contributed by atoms with Gasteiger partial charge in [0, 0.05) is 31.2 Å². The van der Waals surface area contributed by atoms with Crippen molar-refractivity contribution in [1.82, 2.24) is 18.9 Å². The van der Waals surface area contributed by atoms with Crippen molar-refractivity contribution in [3.8, 4) is 0 Å². The van der Waals surface area contributed by atoms with E-state index in [1.165, 1.54) is 0 Å². The normalized spacial score (nSPS) is 11.2. The van der Waals surface area contributed by atoms with Crippen molar-refractivity contribution in [3.05, 3.63) is 54.5 Å². The number of hydrogen-bond acceptors (Lipinski definition) is 3. The highest BCUT2D eigenvalue weighted by atomic mass is 15.1. The predicted molar refractivity (Wildman–Crippen MR) is 69.3 cm³/mol. The molecule has 0 aliphatic rings. The molecule has 92 valence electrons. The third kappa shape index (κ3) is 2.00. The van der Waals surface area contributed by atoms with E-state index in [0.717, 1.165) is 30.1 Å². The summed E-state index contributed by atoms with van der Waals surface area (Å²) >= 11 is 0. The summed E-state index contributed by atoms with van der Waals surface area (Å²) in [6, 6.07) is 5.98. The van der Waals surface area contributed by atoms with Gasteiger partial charge in [-0.05, 0) is 18.7 Å². The van der Waals surface area contributed by atoms with E-state index < -0.39 is 0 Å². The van der Waals surface area contributed by atoms with Crippen LogP contribution in [0.3, 0.4) is 0 Å². The van der Waals surface area contributed by atoms with Crippen LogP contribution in [0.2, 0.25) is 0 Å². The average Bonchev–Trinajstić information content (AvgIpc) is 2.97. The zero-order chi connectivity index (χ0) is 12.4. The Morgan fingerprint density at radius 3 is 3.00 bits per heavy atom. The van der Waals surface area contributed by atoms with E-state index in [9.17, 15) is 0 Å². The Labute approximate surface area is 105 Å². The Bertz CT molecular complexity index is 619. The molecule has 3 aromatic heterocycles. The molecule has 0 aliphatic carbocycles. The summed E-state index contributed by atoms with van der Waals surface area (Å²) in [5.41, 5.74) is 7.56. The minimum absolute atomic E-state index is 0.613. The van der Waals surface area contributed by atoms with Gasteiger partial charge in [0.2, 0.25) is 0 Å². The molecule has 0 aromatic carbocycles. The summed E-state index contributed by atoms with van der Waals surface area (Å²) in [6.07, 6.45) is 8.61. The number of nitrogens with two attached hydrogens (primary N) is 1. The molecule has 3 aromatic rings. The fourth-order valence-corrected chi connectivity index (χ4v) is 2.08. The molecule has 0 spiro atoms. The Morgan fingerprint density at radius 2 is 2.17 bits per heavy atom. The molecule has 0 atom stereocenters. The van der Waals surface area contributed by atoms with E-state index in [1.54, 1.807) is 6.20 Å². The zero-order valence-corrected chi connectivity index (χ0v) is 10.0. The van der Waals surface area contributed by atoms with Gasteiger partial charge in [0.05, 0.1) is 12.2 Å². The van der Waals surface area contributed by atoms with Crippen LogP contribution in [0.1, 0.15) is 11.5 Å². The average molecular weight is 241 g/mol. The van der Waals surface area contributed by atoms with E-state index in [1.807, 2.05) is 41.2 Å². The largest absolute Gasteiger partial charge is 0.330 e. The lowest BCUT2D eigenvalue weighted by molar-refractivity contribution is 0.706. The number of hydrogen-bond donors (Lipinski definition) is 1. The third-order valence-corrected chi connectivity index (χ3v) is 2.92. The van der Waals surface area contributed by atoms with Gasteiger partial charge in [0.25, 0.3) is 0 Å². The maximum absolute atomic E-state index is 5.57. The van der Waals surface area contributed by atoms with Gasteiger partial charge in [-0.3, -0.25) is 0 Å². The highest BCUT2D eigenvalue weighted by Gasteiger charge is 2.05. The summed E-state index contributed by atoms with van der Waals surface area (Å²) < 4.78 is 4.11. The molecule has 0 saturated carbocycles. The Hall–Kier alpha value is -2.14. The zero-order valence-electron chi connectivity index (χ0n) is 10.0. The number of fused-ring (bicyclic) bond motifs is 1. The van der Waals surface area contributed by atoms with Gasteiger partial charge in [-0.15, -0.1) is 0 Å². The number of aromatic nitrogens is 4. The molecule has 0 radical (unpaired) electrons. The maximum Gasteiger partial charge on any atom is 0.137 e. The van der Waals surface area contributed by atoms with Crippen molar-refractivity contribution in [2.45, 2.75) is 13.0 Å². The Balaban J connectivity index is 1.89. The lowest BCUT2D eigenvalue weighted by Crippen LogP contribution is -2.10. The first-order chi connectivity index (χ1) is 8.86. The molecule has 0 unspecified atom stereocenters. The van der Waals surface area contributed by atoms with Crippen LogP contribution in [0, 0.1) is 0 Å². The monoisotopic (exact) mass is 241 g/mol. The third-order valence-electron chi connectivity index (χ3n) is 2.92. The van der Waals surface area contributed by atoms with Crippen LogP contribution in [0.4, 0.5) is 0 Å². The Morgan fingerprint density at radius 1 is 1.22 bits per heavy atom. The minimum Gasteiger partial charge on any atom is -0.330 e. The van der Waals surface area contributed by atoms with Crippen LogP contribution < -0.4 is 5.73 Å². The van der Waals surface area contributed by atoms with Gasteiger partial charge in [-0.2, -0.15) is 0 Å². The molecular formula is C13H15N5. The molecule has 5 nitrogen and oxygen atoms in total. The summed E-state index contributed by atoms with van der Waals surface area (Å²) in [5, 5.41) is 0. The Kier molecular flexibility index (Phi) is 2.82. The van der Waals surface area contributed by atoms with Crippen molar-refractivity contribution in [2.75, 3.05) is 6.54 Å². The SMILES string of the molecule is NCCc1nccn1Cc1cn2ccccc2n1. The summed E-state index contributed by atoms with van der Waals surface area (Å²) in [4.78, 5) is 8.88. The highest BCUT2D eigenvalue weighted by molar-refractivity contribution is 5.39. The van der Waals surface area contributed by atoms with E-state index in [4.69, 9.17) is 5.73 Å². The van der Waals surface area contributed by atoms with E-state index in [0.29, 0.717) is 6.54 Å². The van der Waals surface area contributed by atoms with Crippen molar-refractivity contribution in [1.29, 1.82) is 0 Å². The van der Waals surface area contributed by atoms with Gasteiger partial charge in [0.1, 0.15) is 11.5 Å². The first-order valence-electron chi connectivity index (χ1n) is 5.99. The summed E-state index contributed by atoms with van der Waals surface area (Å²) in [5.74, 6) is 1.01. The molecule has 0 amide bonds. The van der Waals surface area contributed by atoms with E-state index in [-0.39, 0.29) is 0 Å². The van der Waals surface area contributed by atoms with Crippen LogP contribution in [0.15, 0.2) is 43.0 Å². The first kappa shape index (κ1) is 11.0. The molecule has 18 heavy (non-hydrogen) atoms. The van der Waals surface area contributed by atoms with Crippen LogP contribution in [0.5, 0.6) is 0 Å². The summed E-state index contributed by atoms with van der Waals surface area (Å²) in [6.45, 7) is 1.35. The molecule has 0 bridgehead atoms. The molecule has 2 N–H and O–H groups in total. The number of imidazole rings is 2.